The molecule has 0 radical (unpaired) electrons. The first-order valence-corrected chi connectivity index (χ1v) is 8.97. The van der Waals surface area contributed by atoms with Gasteiger partial charge in [-0.25, -0.2) is 0 Å². The highest BCUT2D eigenvalue weighted by atomic mass is 35.5. The van der Waals surface area contributed by atoms with Crippen LogP contribution in [0.3, 0.4) is 0 Å². The van der Waals surface area contributed by atoms with Crippen molar-refractivity contribution in [1.82, 2.24) is 19.7 Å². The van der Waals surface area contributed by atoms with Crippen LogP contribution in [0.15, 0.2) is 35.1 Å². The number of ether oxygens (including phenoxy) is 1. The number of rotatable bonds is 4. The van der Waals surface area contributed by atoms with Gasteiger partial charge in [-0.05, 0) is 31.2 Å². The monoisotopic (exact) mass is 413 g/mol. The molecule has 10 heteroatoms. The predicted molar refractivity (Wildman–Crippen MR) is 106 cm³/mol. The van der Waals surface area contributed by atoms with E-state index in [-0.39, 0.29) is 28.6 Å². The number of pyridine rings is 1. The van der Waals surface area contributed by atoms with Gasteiger partial charge in [0.2, 0.25) is 0 Å². The molecule has 4 rings (SSSR count). The third-order valence-electron chi connectivity index (χ3n) is 4.60. The van der Waals surface area contributed by atoms with Crippen molar-refractivity contribution in [3.05, 3.63) is 68.2 Å². The average Bonchev–Trinajstić information content (AvgIpc) is 3.11. The van der Waals surface area contributed by atoms with Gasteiger partial charge in [-0.15, -0.1) is 0 Å². The highest BCUT2D eigenvalue weighted by Crippen LogP contribution is 2.29. The minimum absolute atomic E-state index is 0.0300. The van der Waals surface area contributed by atoms with Gasteiger partial charge in [-0.2, -0.15) is 5.10 Å². The summed E-state index contributed by atoms with van der Waals surface area (Å²) >= 11 is 6.33. The lowest BCUT2D eigenvalue weighted by molar-refractivity contribution is 0.0880. The maximum Gasteiger partial charge on any atom is 0.262 e. The fourth-order valence-electron chi connectivity index (χ4n) is 3.24. The second-order valence-corrected chi connectivity index (χ2v) is 6.99. The number of nitrogens with zero attached hydrogens (tertiary/aromatic N) is 3. The van der Waals surface area contributed by atoms with Gasteiger partial charge in [0.15, 0.2) is 0 Å². The van der Waals surface area contributed by atoms with E-state index in [0.29, 0.717) is 11.4 Å². The fourth-order valence-corrected chi connectivity index (χ4v) is 3.47. The molecule has 1 aromatic carbocycles. The first-order chi connectivity index (χ1) is 13.8. The van der Waals surface area contributed by atoms with E-state index in [2.05, 4.69) is 10.4 Å². The molecule has 1 aliphatic heterocycles. The Morgan fingerprint density at radius 2 is 1.93 bits per heavy atom. The molecule has 3 N–H and O–H groups in total. The lowest BCUT2D eigenvalue weighted by atomic mass is 10.1. The van der Waals surface area contributed by atoms with Crippen molar-refractivity contribution in [2.45, 2.75) is 13.5 Å². The second-order valence-electron chi connectivity index (χ2n) is 6.58. The summed E-state index contributed by atoms with van der Waals surface area (Å²) in [6.07, 6.45) is 0. The number of carbonyl (C=O) groups excluding carboxylic acids is 2. The Balaban J connectivity index is 1.68. The second kappa shape index (κ2) is 6.78. The summed E-state index contributed by atoms with van der Waals surface area (Å²) in [6.45, 7) is 2.15. The van der Waals surface area contributed by atoms with Gasteiger partial charge in [-0.1, -0.05) is 11.6 Å². The van der Waals surface area contributed by atoms with Gasteiger partial charge < -0.3 is 10.5 Å². The van der Waals surface area contributed by atoms with E-state index in [1.165, 1.54) is 6.07 Å². The minimum atomic E-state index is -0.645. The number of benzene rings is 1. The molecule has 29 heavy (non-hydrogen) atoms. The van der Waals surface area contributed by atoms with Crippen molar-refractivity contribution < 1.29 is 14.3 Å². The lowest BCUT2D eigenvalue weighted by Crippen LogP contribution is -2.24. The molecule has 0 bridgehead atoms. The molecule has 1 aliphatic rings. The Hall–Kier alpha value is -3.59. The minimum Gasteiger partial charge on any atom is -0.486 e. The van der Waals surface area contributed by atoms with E-state index >= 15 is 0 Å². The van der Waals surface area contributed by atoms with E-state index in [9.17, 15) is 14.4 Å². The first kappa shape index (κ1) is 18.8. The number of aryl methyl sites for hydroxylation is 2. The largest absolute Gasteiger partial charge is 0.486 e. The van der Waals surface area contributed by atoms with Gasteiger partial charge in [-0.3, -0.25) is 28.9 Å². The summed E-state index contributed by atoms with van der Waals surface area (Å²) in [4.78, 5) is 36.2. The van der Waals surface area contributed by atoms with Crippen molar-refractivity contribution in [2.24, 2.45) is 7.05 Å². The number of carbonyl (C=O) groups is 2. The maximum atomic E-state index is 12.5. The zero-order valence-electron chi connectivity index (χ0n) is 15.5. The third kappa shape index (κ3) is 3.15. The van der Waals surface area contributed by atoms with Crippen LogP contribution in [0.2, 0.25) is 5.02 Å². The molecule has 0 atom stereocenters. The Morgan fingerprint density at radius 1 is 1.17 bits per heavy atom. The number of aromatic nitrogens is 3. The SMILES string of the molecule is Cc1cc(COc2ccc(-n3c(N)c4c(cc3=O)C(=O)NC4=O)cc2Cl)n(C)n1. The van der Waals surface area contributed by atoms with Crippen LogP contribution < -0.4 is 21.3 Å². The number of hydrogen-bond donors (Lipinski definition) is 2. The predicted octanol–water partition coefficient (Wildman–Crippen LogP) is 1.58. The summed E-state index contributed by atoms with van der Waals surface area (Å²) in [6, 6.07) is 7.68. The van der Waals surface area contributed by atoms with Crippen molar-refractivity contribution in [1.29, 1.82) is 0 Å². The van der Waals surface area contributed by atoms with Crippen molar-refractivity contribution in [2.75, 3.05) is 5.73 Å². The number of hydrogen-bond acceptors (Lipinski definition) is 6. The Bertz CT molecular complexity index is 1240. The smallest absolute Gasteiger partial charge is 0.262 e. The topological polar surface area (TPSA) is 121 Å². The van der Waals surface area contributed by atoms with Crippen LogP contribution in [0.4, 0.5) is 5.82 Å². The number of nitrogen functional groups attached to an aromatic ring is 1. The van der Waals surface area contributed by atoms with Crippen molar-refractivity contribution in [3.8, 4) is 11.4 Å². The first-order valence-electron chi connectivity index (χ1n) is 8.59. The maximum absolute atomic E-state index is 12.5. The molecule has 2 aromatic heterocycles. The Kier molecular flexibility index (Phi) is 4.39. The van der Waals surface area contributed by atoms with Gasteiger partial charge in [0.25, 0.3) is 17.4 Å². The molecule has 0 unspecified atom stereocenters. The summed E-state index contributed by atoms with van der Waals surface area (Å²) in [7, 11) is 1.82. The molecule has 0 spiro atoms. The molecule has 2 amide bonds. The molecule has 9 nitrogen and oxygen atoms in total. The summed E-state index contributed by atoms with van der Waals surface area (Å²) in [5.74, 6) is -1.01. The average molecular weight is 414 g/mol. The molecular formula is C19H16ClN5O4. The molecular weight excluding hydrogens is 398 g/mol. The Morgan fingerprint density at radius 3 is 2.59 bits per heavy atom. The molecule has 0 fully saturated rings. The zero-order valence-corrected chi connectivity index (χ0v) is 16.3. The molecule has 148 valence electrons. The normalized spacial score (nSPS) is 12.8. The van der Waals surface area contributed by atoms with Gasteiger partial charge in [0.05, 0.1) is 33.2 Å². The number of imide groups is 1. The zero-order chi connectivity index (χ0) is 20.9. The van der Waals surface area contributed by atoms with Crippen LogP contribution >= 0.6 is 11.6 Å². The summed E-state index contributed by atoms with van der Waals surface area (Å²) in [5.41, 5.74) is 7.50. The van der Waals surface area contributed by atoms with Crippen LogP contribution in [0, 0.1) is 6.92 Å². The van der Waals surface area contributed by atoms with E-state index in [4.69, 9.17) is 22.1 Å². The van der Waals surface area contributed by atoms with Crippen LogP contribution in [-0.2, 0) is 13.7 Å². The number of amides is 2. The highest BCUT2D eigenvalue weighted by Gasteiger charge is 2.31. The van der Waals surface area contributed by atoms with Crippen LogP contribution in [0.25, 0.3) is 5.69 Å². The van der Waals surface area contributed by atoms with E-state index in [1.54, 1.807) is 16.8 Å². The Labute approximate surface area is 169 Å². The molecule has 3 aromatic rings. The number of halogens is 1. The standard InChI is InChI=1S/C19H16ClN5O4/c1-9-5-11(24(2)23-9)8-29-14-4-3-10(6-13(14)20)25-15(26)7-12-16(17(25)21)19(28)22-18(12)27/h3-7H,8,21H2,1-2H3,(H,22,27,28). The molecule has 3 heterocycles. The number of nitrogens with two attached hydrogens (primary N) is 1. The third-order valence-corrected chi connectivity index (χ3v) is 4.90. The van der Waals surface area contributed by atoms with Gasteiger partial charge in [0.1, 0.15) is 18.2 Å². The van der Waals surface area contributed by atoms with Gasteiger partial charge >= 0.3 is 0 Å². The molecule has 0 saturated carbocycles. The van der Waals surface area contributed by atoms with E-state index in [1.807, 2.05) is 20.0 Å². The summed E-state index contributed by atoms with van der Waals surface area (Å²) in [5, 5.41) is 6.64. The van der Waals surface area contributed by atoms with E-state index < -0.39 is 17.4 Å². The van der Waals surface area contributed by atoms with Gasteiger partial charge in [0, 0.05) is 13.1 Å². The number of fused-ring (bicyclic) bond motifs is 1. The van der Waals surface area contributed by atoms with Crippen molar-refractivity contribution in [3.63, 3.8) is 0 Å². The molecule has 0 aliphatic carbocycles. The highest BCUT2D eigenvalue weighted by molar-refractivity contribution is 6.32. The lowest BCUT2D eigenvalue weighted by Gasteiger charge is -2.14. The van der Waals surface area contributed by atoms with Crippen LogP contribution in [0.5, 0.6) is 5.75 Å². The number of nitrogens with one attached hydrogen (secondary N) is 1. The molecule has 0 saturated heterocycles. The van der Waals surface area contributed by atoms with Crippen LogP contribution in [-0.4, -0.2) is 26.2 Å². The quantitative estimate of drug-likeness (QED) is 0.626. The number of anilines is 1. The van der Waals surface area contributed by atoms with Crippen molar-refractivity contribution >= 4 is 29.2 Å². The van der Waals surface area contributed by atoms with Crippen LogP contribution in [0.1, 0.15) is 32.1 Å². The van der Waals surface area contributed by atoms with E-state index in [0.717, 1.165) is 22.0 Å². The summed E-state index contributed by atoms with van der Waals surface area (Å²) < 4.78 is 8.59. The fraction of sp³-hybridized carbons (Fsp3) is 0.158.